The molecule has 1 unspecified atom stereocenters. The van der Waals surface area contributed by atoms with E-state index < -0.39 is 6.10 Å². The Morgan fingerprint density at radius 1 is 1.08 bits per heavy atom. The molecule has 1 aromatic heterocycles. The molecule has 0 aliphatic carbocycles. The largest absolute Gasteiger partial charge is 0.490 e. The van der Waals surface area contributed by atoms with Crippen molar-refractivity contribution in [3.8, 4) is 5.75 Å². The Balaban J connectivity index is 1.60. The molecule has 2 N–H and O–H groups in total. The quantitative estimate of drug-likeness (QED) is 0.726. The molecule has 3 aromatic rings. The fourth-order valence-corrected chi connectivity index (χ4v) is 2.21. The normalized spacial score (nSPS) is 11.7. The number of hydrogen-bond acceptors (Lipinski definition) is 4. The molecule has 0 saturated heterocycles. The highest BCUT2D eigenvalue weighted by Crippen LogP contribution is 2.20. The highest BCUT2D eigenvalue weighted by Gasteiger charge is 2.10. The summed E-state index contributed by atoms with van der Waals surface area (Å²) < 4.78 is 10.7. The van der Waals surface area contributed by atoms with Gasteiger partial charge >= 0.3 is 0 Å². The lowest BCUT2D eigenvalue weighted by Crippen LogP contribution is -2.12. The second kappa shape index (κ2) is 7.48. The Bertz CT molecular complexity index is 784. The molecule has 24 heavy (non-hydrogen) atoms. The predicted octanol–water partition coefficient (Wildman–Crippen LogP) is 3.64. The standard InChI is InChI=1S/C19H17NO4/c21-17(14-6-2-1-3-7-14)13-24-16-9-4-8-15(12-16)20-19(22)18-10-5-11-23-18/h1-12,17,21H,13H2,(H,20,22). The first-order valence-corrected chi connectivity index (χ1v) is 7.53. The monoisotopic (exact) mass is 323 g/mol. The van der Waals surface area contributed by atoms with Crippen LogP contribution in [0.25, 0.3) is 0 Å². The zero-order chi connectivity index (χ0) is 16.8. The molecule has 122 valence electrons. The minimum absolute atomic E-state index is 0.125. The maximum Gasteiger partial charge on any atom is 0.291 e. The summed E-state index contributed by atoms with van der Waals surface area (Å²) in [6, 6.07) is 19.5. The number of amides is 1. The minimum atomic E-state index is -0.715. The predicted molar refractivity (Wildman–Crippen MR) is 90.0 cm³/mol. The van der Waals surface area contributed by atoms with Crippen LogP contribution in [0.5, 0.6) is 5.75 Å². The Morgan fingerprint density at radius 3 is 2.67 bits per heavy atom. The maximum absolute atomic E-state index is 12.0. The average Bonchev–Trinajstić information content (AvgIpc) is 3.15. The highest BCUT2D eigenvalue weighted by molar-refractivity contribution is 6.02. The molecule has 3 rings (SSSR count). The van der Waals surface area contributed by atoms with Crippen LogP contribution in [0.4, 0.5) is 5.69 Å². The van der Waals surface area contributed by atoms with E-state index in [0.717, 1.165) is 5.56 Å². The van der Waals surface area contributed by atoms with E-state index in [2.05, 4.69) is 5.32 Å². The lowest BCUT2D eigenvalue weighted by atomic mass is 10.1. The zero-order valence-corrected chi connectivity index (χ0v) is 12.9. The number of carbonyl (C=O) groups excluding carboxylic acids is 1. The first-order chi connectivity index (χ1) is 11.7. The van der Waals surface area contributed by atoms with E-state index >= 15 is 0 Å². The van der Waals surface area contributed by atoms with Crippen molar-refractivity contribution in [3.05, 3.63) is 84.3 Å². The number of nitrogens with one attached hydrogen (secondary N) is 1. The molecular weight excluding hydrogens is 306 g/mol. The molecule has 1 heterocycles. The summed E-state index contributed by atoms with van der Waals surface area (Å²) >= 11 is 0. The van der Waals surface area contributed by atoms with E-state index in [4.69, 9.17) is 9.15 Å². The van der Waals surface area contributed by atoms with Gasteiger partial charge in [-0.1, -0.05) is 36.4 Å². The van der Waals surface area contributed by atoms with Gasteiger partial charge in [-0.25, -0.2) is 0 Å². The van der Waals surface area contributed by atoms with E-state index in [9.17, 15) is 9.90 Å². The summed E-state index contributed by atoms with van der Waals surface area (Å²) in [7, 11) is 0. The molecule has 1 amide bonds. The van der Waals surface area contributed by atoms with Gasteiger partial charge in [-0.3, -0.25) is 4.79 Å². The lowest BCUT2D eigenvalue weighted by Gasteiger charge is -2.13. The van der Waals surface area contributed by atoms with E-state index in [0.29, 0.717) is 11.4 Å². The van der Waals surface area contributed by atoms with Crippen LogP contribution in [-0.4, -0.2) is 17.6 Å². The Hall–Kier alpha value is -3.05. The number of rotatable bonds is 6. The van der Waals surface area contributed by atoms with E-state index in [1.54, 1.807) is 36.4 Å². The van der Waals surface area contributed by atoms with Crippen molar-refractivity contribution in [3.63, 3.8) is 0 Å². The highest BCUT2D eigenvalue weighted by atomic mass is 16.5. The van der Waals surface area contributed by atoms with Crippen LogP contribution < -0.4 is 10.1 Å². The van der Waals surface area contributed by atoms with Crippen molar-refractivity contribution in [1.82, 2.24) is 0 Å². The minimum Gasteiger partial charge on any atom is -0.490 e. The zero-order valence-electron chi connectivity index (χ0n) is 12.9. The van der Waals surface area contributed by atoms with Crippen molar-refractivity contribution >= 4 is 11.6 Å². The fraction of sp³-hybridized carbons (Fsp3) is 0.105. The molecule has 0 bridgehead atoms. The van der Waals surface area contributed by atoms with Gasteiger partial charge < -0.3 is 19.6 Å². The molecule has 0 radical (unpaired) electrons. The lowest BCUT2D eigenvalue weighted by molar-refractivity contribution is 0.0996. The number of aliphatic hydroxyl groups excluding tert-OH is 1. The number of ether oxygens (including phenoxy) is 1. The number of anilines is 1. The van der Waals surface area contributed by atoms with Gasteiger partial charge in [0.15, 0.2) is 5.76 Å². The van der Waals surface area contributed by atoms with Crippen LogP contribution in [0.15, 0.2) is 77.4 Å². The van der Waals surface area contributed by atoms with Crippen molar-refractivity contribution in [2.75, 3.05) is 11.9 Å². The van der Waals surface area contributed by atoms with Crippen LogP contribution in [-0.2, 0) is 0 Å². The number of aliphatic hydroxyl groups is 1. The number of benzene rings is 2. The van der Waals surface area contributed by atoms with Gasteiger partial charge in [-0.05, 0) is 29.8 Å². The third kappa shape index (κ3) is 4.02. The fourth-order valence-electron chi connectivity index (χ4n) is 2.21. The van der Waals surface area contributed by atoms with Crippen molar-refractivity contribution in [2.45, 2.75) is 6.10 Å². The molecule has 0 aliphatic heterocycles. The third-order valence-corrected chi connectivity index (χ3v) is 3.43. The molecule has 2 aromatic carbocycles. The molecule has 1 atom stereocenters. The van der Waals surface area contributed by atoms with Crippen LogP contribution >= 0.6 is 0 Å². The van der Waals surface area contributed by atoms with Crippen molar-refractivity contribution in [2.24, 2.45) is 0 Å². The first-order valence-electron chi connectivity index (χ1n) is 7.53. The van der Waals surface area contributed by atoms with E-state index in [-0.39, 0.29) is 18.3 Å². The molecule has 0 aliphatic rings. The van der Waals surface area contributed by atoms with Crippen LogP contribution in [0, 0.1) is 0 Å². The Labute approximate surface area is 139 Å². The van der Waals surface area contributed by atoms with Gasteiger partial charge in [-0.2, -0.15) is 0 Å². The van der Waals surface area contributed by atoms with Gasteiger partial charge in [0.05, 0.1) is 6.26 Å². The van der Waals surface area contributed by atoms with E-state index in [1.807, 2.05) is 30.3 Å². The van der Waals surface area contributed by atoms with Crippen molar-refractivity contribution < 1.29 is 19.1 Å². The number of hydrogen-bond donors (Lipinski definition) is 2. The summed E-state index contributed by atoms with van der Waals surface area (Å²) in [6.45, 7) is 0.125. The number of furan rings is 1. The van der Waals surface area contributed by atoms with Gasteiger partial charge in [0.1, 0.15) is 18.5 Å². The summed E-state index contributed by atoms with van der Waals surface area (Å²) in [5, 5.41) is 12.8. The molecule has 0 saturated carbocycles. The first kappa shape index (κ1) is 15.8. The summed E-state index contributed by atoms with van der Waals surface area (Å²) in [4.78, 5) is 12.0. The summed E-state index contributed by atoms with van der Waals surface area (Å²) in [5.74, 6) is 0.463. The van der Waals surface area contributed by atoms with Crippen molar-refractivity contribution in [1.29, 1.82) is 0 Å². The number of carbonyl (C=O) groups is 1. The third-order valence-electron chi connectivity index (χ3n) is 3.43. The average molecular weight is 323 g/mol. The van der Waals surface area contributed by atoms with Gasteiger partial charge in [0, 0.05) is 11.8 Å². The Morgan fingerprint density at radius 2 is 1.92 bits per heavy atom. The molecule has 5 heteroatoms. The summed E-state index contributed by atoms with van der Waals surface area (Å²) in [5.41, 5.74) is 1.38. The maximum atomic E-state index is 12.0. The van der Waals surface area contributed by atoms with Gasteiger partial charge in [-0.15, -0.1) is 0 Å². The second-order valence-electron chi connectivity index (χ2n) is 5.20. The van der Waals surface area contributed by atoms with Crippen LogP contribution in [0.3, 0.4) is 0 Å². The molecule has 0 spiro atoms. The Kier molecular flexibility index (Phi) is 4.93. The second-order valence-corrected chi connectivity index (χ2v) is 5.20. The molecule has 5 nitrogen and oxygen atoms in total. The van der Waals surface area contributed by atoms with Crippen LogP contribution in [0.2, 0.25) is 0 Å². The molecule has 0 fully saturated rings. The van der Waals surface area contributed by atoms with Gasteiger partial charge in [0.2, 0.25) is 0 Å². The summed E-state index contributed by atoms with van der Waals surface area (Å²) in [6.07, 6.45) is 0.729. The smallest absolute Gasteiger partial charge is 0.291 e. The van der Waals surface area contributed by atoms with Crippen LogP contribution in [0.1, 0.15) is 22.2 Å². The SMILES string of the molecule is O=C(Nc1cccc(OCC(O)c2ccccc2)c1)c1ccco1. The molecular formula is C19H17NO4. The van der Waals surface area contributed by atoms with Gasteiger partial charge in [0.25, 0.3) is 5.91 Å². The van der Waals surface area contributed by atoms with E-state index in [1.165, 1.54) is 6.26 Å². The topological polar surface area (TPSA) is 71.7 Å².